The predicted molar refractivity (Wildman–Crippen MR) is 91.7 cm³/mol. The number of rotatable bonds is 2. The lowest BCUT2D eigenvalue weighted by Gasteiger charge is -2.31. The van der Waals surface area contributed by atoms with Gasteiger partial charge in [0.2, 0.25) is 0 Å². The minimum Gasteiger partial charge on any atom is -0.373 e. The van der Waals surface area contributed by atoms with E-state index in [9.17, 15) is 0 Å². The second kappa shape index (κ2) is 8.03. The molecule has 0 bridgehead atoms. The predicted octanol–water partition coefficient (Wildman–Crippen LogP) is 1.77. The molecule has 0 aliphatic carbocycles. The van der Waals surface area contributed by atoms with E-state index in [1.807, 2.05) is 39.2 Å². The van der Waals surface area contributed by atoms with E-state index in [0.29, 0.717) is 0 Å². The van der Waals surface area contributed by atoms with Crippen molar-refractivity contribution < 1.29 is 4.79 Å². The molecule has 1 aliphatic heterocycles. The number of aliphatic imine (C=N–C) groups is 1. The van der Waals surface area contributed by atoms with Crippen LogP contribution in [0, 0.1) is 0 Å². The standard InChI is InChI=1S/C16H19N5.CH2O/c1-17-15-13(6-4-9-20-15)16(18-2)21-10-7-14-12(11-21)5-3-8-19-14;1-2/h3-6,8-9H,7,10-11H2,1-2H3,(H,17,20);1H2. The highest BCUT2D eigenvalue weighted by molar-refractivity contribution is 6.02. The summed E-state index contributed by atoms with van der Waals surface area (Å²) in [7, 11) is 3.72. The van der Waals surface area contributed by atoms with Crippen LogP contribution in [-0.4, -0.2) is 48.1 Å². The molecular weight excluding hydrogens is 290 g/mol. The Morgan fingerprint density at radius 2 is 2.00 bits per heavy atom. The van der Waals surface area contributed by atoms with Gasteiger partial charge in [-0.3, -0.25) is 9.98 Å². The number of nitrogens with one attached hydrogen (secondary N) is 1. The summed E-state index contributed by atoms with van der Waals surface area (Å²) >= 11 is 0. The summed E-state index contributed by atoms with van der Waals surface area (Å²) in [6.07, 6.45) is 4.60. The highest BCUT2D eigenvalue weighted by Gasteiger charge is 2.22. The second-order valence-corrected chi connectivity index (χ2v) is 4.98. The third-order valence-electron chi connectivity index (χ3n) is 3.76. The number of carbonyl (C=O) groups is 1. The highest BCUT2D eigenvalue weighted by Crippen LogP contribution is 2.21. The van der Waals surface area contributed by atoms with E-state index in [-0.39, 0.29) is 0 Å². The van der Waals surface area contributed by atoms with Crippen LogP contribution in [0.4, 0.5) is 5.82 Å². The van der Waals surface area contributed by atoms with Crippen molar-refractivity contribution in [1.82, 2.24) is 14.9 Å². The monoisotopic (exact) mass is 311 g/mol. The van der Waals surface area contributed by atoms with Crippen molar-refractivity contribution in [3.63, 3.8) is 0 Å². The molecule has 1 aliphatic rings. The number of aromatic nitrogens is 2. The lowest BCUT2D eigenvalue weighted by atomic mass is 10.0. The van der Waals surface area contributed by atoms with E-state index in [2.05, 4.69) is 37.3 Å². The van der Waals surface area contributed by atoms with E-state index >= 15 is 0 Å². The Morgan fingerprint density at radius 1 is 1.26 bits per heavy atom. The van der Waals surface area contributed by atoms with Crippen LogP contribution in [0.3, 0.4) is 0 Å². The number of hydrogen-bond donors (Lipinski definition) is 1. The van der Waals surface area contributed by atoms with Crippen molar-refractivity contribution in [1.29, 1.82) is 0 Å². The van der Waals surface area contributed by atoms with Gasteiger partial charge in [0.05, 0.1) is 5.56 Å². The highest BCUT2D eigenvalue weighted by atomic mass is 16.1. The molecule has 0 spiro atoms. The Labute approximate surface area is 136 Å². The maximum absolute atomic E-state index is 8.00. The average Bonchev–Trinajstić information content (AvgIpc) is 2.64. The van der Waals surface area contributed by atoms with Gasteiger partial charge in [-0.15, -0.1) is 0 Å². The number of anilines is 1. The summed E-state index contributed by atoms with van der Waals surface area (Å²) in [4.78, 5) is 23.6. The number of pyridine rings is 2. The third-order valence-corrected chi connectivity index (χ3v) is 3.76. The van der Waals surface area contributed by atoms with Crippen LogP contribution in [0.1, 0.15) is 16.8 Å². The minimum absolute atomic E-state index is 0.841. The SMILES string of the molecule is C=O.CN=C(c1cccnc1NC)N1CCc2ncccc2C1. The van der Waals surface area contributed by atoms with Gasteiger partial charge in [-0.1, -0.05) is 6.07 Å². The Balaban J connectivity index is 0.000000924. The first kappa shape index (κ1) is 16.6. The Hall–Kier alpha value is -2.76. The second-order valence-electron chi connectivity index (χ2n) is 4.98. The third kappa shape index (κ3) is 3.53. The first-order chi connectivity index (χ1) is 11.3. The quantitative estimate of drug-likeness (QED) is 0.676. The zero-order valence-electron chi connectivity index (χ0n) is 13.5. The molecule has 2 aromatic rings. The molecular formula is C17H21N5O. The fourth-order valence-corrected chi connectivity index (χ4v) is 2.76. The molecule has 120 valence electrons. The van der Waals surface area contributed by atoms with Gasteiger partial charge in [-0.2, -0.15) is 0 Å². The van der Waals surface area contributed by atoms with E-state index < -0.39 is 0 Å². The Bertz CT molecular complexity index is 686. The molecule has 3 heterocycles. The molecule has 23 heavy (non-hydrogen) atoms. The zero-order chi connectivity index (χ0) is 16.7. The van der Waals surface area contributed by atoms with Crippen LogP contribution in [0.15, 0.2) is 41.7 Å². The van der Waals surface area contributed by atoms with Gasteiger partial charge in [0, 0.05) is 51.7 Å². The number of nitrogens with zero attached hydrogens (tertiary/aromatic N) is 4. The van der Waals surface area contributed by atoms with Crippen molar-refractivity contribution >= 4 is 18.4 Å². The molecule has 0 amide bonds. The summed E-state index contributed by atoms with van der Waals surface area (Å²) in [5.41, 5.74) is 3.51. The van der Waals surface area contributed by atoms with Crippen molar-refractivity contribution in [2.75, 3.05) is 26.0 Å². The molecule has 0 radical (unpaired) electrons. The molecule has 0 atom stereocenters. The molecule has 1 N–H and O–H groups in total. The van der Waals surface area contributed by atoms with Crippen molar-refractivity contribution in [3.05, 3.63) is 53.5 Å². The van der Waals surface area contributed by atoms with Crippen molar-refractivity contribution in [3.8, 4) is 0 Å². The molecule has 0 saturated heterocycles. The van der Waals surface area contributed by atoms with E-state index in [1.54, 1.807) is 6.20 Å². The van der Waals surface area contributed by atoms with Crippen LogP contribution in [-0.2, 0) is 17.8 Å². The van der Waals surface area contributed by atoms with Crippen LogP contribution in [0.5, 0.6) is 0 Å². The lowest BCUT2D eigenvalue weighted by molar-refractivity contribution is -0.0979. The molecule has 3 rings (SSSR count). The maximum atomic E-state index is 8.00. The van der Waals surface area contributed by atoms with Crippen LogP contribution >= 0.6 is 0 Å². The number of carbonyl (C=O) groups excluding carboxylic acids is 1. The van der Waals surface area contributed by atoms with Crippen LogP contribution < -0.4 is 5.32 Å². The van der Waals surface area contributed by atoms with Gasteiger partial charge in [-0.05, 0) is 23.8 Å². The van der Waals surface area contributed by atoms with Crippen LogP contribution in [0.2, 0.25) is 0 Å². The number of fused-ring (bicyclic) bond motifs is 1. The normalized spacial score (nSPS) is 13.7. The fourth-order valence-electron chi connectivity index (χ4n) is 2.76. The molecule has 6 heteroatoms. The summed E-state index contributed by atoms with van der Waals surface area (Å²) < 4.78 is 0. The summed E-state index contributed by atoms with van der Waals surface area (Å²) in [5, 5.41) is 3.14. The molecule has 6 nitrogen and oxygen atoms in total. The van der Waals surface area contributed by atoms with E-state index in [0.717, 1.165) is 36.7 Å². The molecule has 2 aromatic heterocycles. The topological polar surface area (TPSA) is 70.5 Å². The van der Waals surface area contributed by atoms with Gasteiger partial charge < -0.3 is 15.0 Å². The summed E-state index contributed by atoms with van der Waals surface area (Å²) in [6, 6.07) is 8.14. The van der Waals surface area contributed by atoms with E-state index in [1.165, 1.54) is 11.3 Å². The van der Waals surface area contributed by atoms with Crippen LogP contribution in [0.25, 0.3) is 0 Å². The first-order valence-electron chi connectivity index (χ1n) is 7.40. The van der Waals surface area contributed by atoms with Crippen molar-refractivity contribution in [2.24, 2.45) is 4.99 Å². The van der Waals surface area contributed by atoms with E-state index in [4.69, 9.17) is 4.79 Å². The number of hydrogen-bond acceptors (Lipinski definition) is 5. The minimum atomic E-state index is 0.841. The average molecular weight is 311 g/mol. The zero-order valence-corrected chi connectivity index (χ0v) is 13.5. The maximum Gasteiger partial charge on any atom is 0.136 e. The molecule has 0 aromatic carbocycles. The van der Waals surface area contributed by atoms with Gasteiger partial charge >= 0.3 is 0 Å². The molecule has 0 fully saturated rings. The Kier molecular flexibility index (Phi) is 5.80. The Morgan fingerprint density at radius 3 is 2.74 bits per heavy atom. The summed E-state index contributed by atoms with van der Waals surface area (Å²) in [6.45, 7) is 3.77. The molecule has 0 saturated carbocycles. The molecule has 0 unspecified atom stereocenters. The van der Waals surface area contributed by atoms with Gasteiger partial charge in [-0.25, -0.2) is 4.98 Å². The van der Waals surface area contributed by atoms with Gasteiger partial charge in [0.1, 0.15) is 18.4 Å². The first-order valence-corrected chi connectivity index (χ1v) is 7.40. The van der Waals surface area contributed by atoms with Gasteiger partial charge in [0.25, 0.3) is 0 Å². The van der Waals surface area contributed by atoms with Gasteiger partial charge in [0.15, 0.2) is 0 Å². The lowest BCUT2D eigenvalue weighted by Crippen LogP contribution is -2.37. The smallest absolute Gasteiger partial charge is 0.136 e. The number of amidine groups is 1. The largest absolute Gasteiger partial charge is 0.373 e. The fraction of sp³-hybridized carbons (Fsp3) is 0.294. The summed E-state index contributed by atoms with van der Waals surface area (Å²) in [5.74, 6) is 1.83. The van der Waals surface area contributed by atoms with Crippen molar-refractivity contribution in [2.45, 2.75) is 13.0 Å².